The number of nitrogens with one attached hydrogen (secondary N) is 1. The number of pyridine rings is 1. The Kier molecular flexibility index (Phi) is 3.22. The van der Waals surface area contributed by atoms with Gasteiger partial charge in [0.15, 0.2) is 0 Å². The standard InChI is InChI=1S/C9H11N3O3/c1-5(9(14)15)12-7-3-2-6(4-11-7)8(10)13/h2-5H,1H3,(H2,10,13)(H,11,12)(H,14,15). The molecule has 0 saturated heterocycles. The first-order valence-corrected chi connectivity index (χ1v) is 4.26. The van der Waals surface area contributed by atoms with Crippen LogP contribution < -0.4 is 11.1 Å². The first kappa shape index (κ1) is 11.0. The molecule has 0 radical (unpaired) electrons. The number of primary amides is 1. The van der Waals surface area contributed by atoms with Gasteiger partial charge >= 0.3 is 5.97 Å². The quantitative estimate of drug-likeness (QED) is 0.650. The zero-order valence-electron chi connectivity index (χ0n) is 8.10. The highest BCUT2D eigenvalue weighted by Gasteiger charge is 2.10. The number of carbonyl (C=O) groups excluding carboxylic acids is 1. The molecule has 0 aliphatic carbocycles. The summed E-state index contributed by atoms with van der Waals surface area (Å²) < 4.78 is 0. The van der Waals surface area contributed by atoms with Gasteiger partial charge in [0, 0.05) is 6.20 Å². The summed E-state index contributed by atoms with van der Waals surface area (Å²) in [5, 5.41) is 11.3. The highest BCUT2D eigenvalue weighted by molar-refractivity contribution is 5.92. The van der Waals surface area contributed by atoms with Crippen molar-refractivity contribution < 1.29 is 14.7 Å². The Hall–Kier alpha value is -2.11. The number of carbonyl (C=O) groups is 2. The molecule has 1 unspecified atom stereocenters. The molecule has 4 N–H and O–H groups in total. The van der Waals surface area contributed by atoms with Crippen molar-refractivity contribution in [1.29, 1.82) is 0 Å². The van der Waals surface area contributed by atoms with E-state index in [9.17, 15) is 9.59 Å². The Morgan fingerprint density at radius 3 is 2.60 bits per heavy atom. The number of amides is 1. The van der Waals surface area contributed by atoms with Crippen molar-refractivity contribution in [2.24, 2.45) is 5.73 Å². The average Bonchev–Trinajstić information content (AvgIpc) is 2.18. The van der Waals surface area contributed by atoms with Crippen LogP contribution in [0.1, 0.15) is 17.3 Å². The second-order valence-electron chi connectivity index (χ2n) is 3.00. The predicted octanol–water partition coefficient (Wildman–Crippen LogP) is 0.0655. The van der Waals surface area contributed by atoms with Gasteiger partial charge in [0.25, 0.3) is 0 Å². The van der Waals surface area contributed by atoms with E-state index in [0.29, 0.717) is 5.82 Å². The van der Waals surface area contributed by atoms with Gasteiger partial charge in [0.2, 0.25) is 5.91 Å². The average molecular weight is 209 g/mol. The normalized spacial score (nSPS) is 11.8. The number of hydrogen-bond donors (Lipinski definition) is 3. The number of aliphatic carboxylic acids is 1. The van der Waals surface area contributed by atoms with Gasteiger partial charge in [-0.15, -0.1) is 0 Å². The maximum atomic E-state index is 10.7. The largest absolute Gasteiger partial charge is 0.480 e. The molecule has 1 aromatic rings. The van der Waals surface area contributed by atoms with Crippen molar-refractivity contribution in [2.75, 3.05) is 5.32 Å². The molecule has 0 aliphatic rings. The highest BCUT2D eigenvalue weighted by atomic mass is 16.4. The molecule has 1 amide bonds. The van der Waals surface area contributed by atoms with E-state index in [2.05, 4.69) is 10.3 Å². The van der Waals surface area contributed by atoms with Crippen molar-refractivity contribution in [3.05, 3.63) is 23.9 Å². The van der Waals surface area contributed by atoms with Gasteiger partial charge < -0.3 is 16.2 Å². The molecule has 1 rings (SSSR count). The van der Waals surface area contributed by atoms with Crippen LogP contribution in [-0.4, -0.2) is 28.0 Å². The Morgan fingerprint density at radius 1 is 1.53 bits per heavy atom. The summed E-state index contributed by atoms with van der Waals surface area (Å²) in [7, 11) is 0. The van der Waals surface area contributed by atoms with E-state index in [1.165, 1.54) is 25.3 Å². The van der Waals surface area contributed by atoms with E-state index in [1.807, 2.05) is 0 Å². The molecular weight excluding hydrogens is 198 g/mol. The number of nitrogens with zero attached hydrogens (tertiary/aromatic N) is 1. The molecule has 0 saturated carbocycles. The number of rotatable bonds is 4. The van der Waals surface area contributed by atoms with Gasteiger partial charge in [-0.1, -0.05) is 0 Å². The molecular formula is C9H11N3O3. The van der Waals surface area contributed by atoms with Crippen LogP contribution in [0, 0.1) is 0 Å². The van der Waals surface area contributed by atoms with Crippen molar-refractivity contribution in [1.82, 2.24) is 4.98 Å². The van der Waals surface area contributed by atoms with Crippen LogP contribution in [0.2, 0.25) is 0 Å². The Morgan fingerprint density at radius 2 is 2.20 bits per heavy atom. The highest BCUT2D eigenvalue weighted by Crippen LogP contribution is 2.05. The third kappa shape index (κ3) is 2.94. The third-order valence-corrected chi connectivity index (χ3v) is 1.78. The first-order valence-electron chi connectivity index (χ1n) is 4.26. The smallest absolute Gasteiger partial charge is 0.325 e. The van der Waals surface area contributed by atoms with Crippen LogP contribution >= 0.6 is 0 Å². The molecule has 6 nitrogen and oxygen atoms in total. The van der Waals surface area contributed by atoms with E-state index >= 15 is 0 Å². The molecule has 0 aliphatic heterocycles. The third-order valence-electron chi connectivity index (χ3n) is 1.78. The Labute approximate surface area is 86.1 Å². The molecule has 1 atom stereocenters. The predicted molar refractivity (Wildman–Crippen MR) is 53.5 cm³/mol. The lowest BCUT2D eigenvalue weighted by atomic mass is 10.2. The summed E-state index contributed by atoms with van der Waals surface area (Å²) in [6, 6.07) is 2.24. The fraction of sp³-hybridized carbons (Fsp3) is 0.222. The molecule has 0 bridgehead atoms. The number of anilines is 1. The molecule has 1 aromatic heterocycles. The van der Waals surface area contributed by atoms with Gasteiger partial charge in [0.05, 0.1) is 5.56 Å². The van der Waals surface area contributed by atoms with Gasteiger partial charge in [-0.2, -0.15) is 0 Å². The van der Waals surface area contributed by atoms with Crippen LogP contribution in [0.15, 0.2) is 18.3 Å². The van der Waals surface area contributed by atoms with E-state index in [-0.39, 0.29) is 5.56 Å². The second-order valence-corrected chi connectivity index (χ2v) is 3.00. The lowest BCUT2D eigenvalue weighted by Gasteiger charge is -2.09. The summed E-state index contributed by atoms with van der Waals surface area (Å²) in [5.41, 5.74) is 5.30. The van der Waals surface area contributed by atoms with Crippen molar-refractivity contribution in [3.8, 4) is 0 Å². The number of carboxylic acids is 1. The molecule has 0 aromatic carbocycles. The Bertz CT molecular complexity index is 375. The summed E-state index contributed by atoms with van der Waals surface area (Å²) in [4.78, 5) is 25.1. The topological polar surface area (TPSA) is 105 Å². The van der Waals surface area contributed by atoms with E-state index in [0.717, 1.165) is 0 Å². The van der Waals surface area contributed by atoms with Gasteiger partial charge in [-0.3, -0.25) is 9.59 Å². The van der Waals surface area contributed by atoms with Crippen LogP contribution in [-0.2, 0) is 4.79 Å². The van der Waals surface area contributed by atoms with E-state index in [4.69, 9.17) is 10.8 Å². The number of aromatic nitrogens is 1. The minimum Gasteiger partial charge on any atom is -0.480 e. The molecule has 0 spiro atoms. The molecule has 1 heterocycles. The zero-order chi connectivity index (χ0) is 11.4. The summed E-state index contributed by atoms with van der Waals surface area (Å²) >= 11 is 0. The summed E-state index contributed by atoms with van der Waals surface area (Å²) in [5.74, 6) is -1.16. The number of carboxylic acid groups (broad SMARTS) is 1. The monoisotopic (exact) mass is 209 g/mol. The number of hydrogen-bond acceptors (Lipinski definition) is 4. The van der Waals surface area contributed by atoms with Gasteiger partial charge in [-0.25, -0.2) is 4.98 Å². The molecule has 15 heavy (non-hydrogen) atoms. The van der Waals surface area contributed by atoms with Crippen LogP contribution in [0.5, 0.6) is 0 Å². The van der Waals surface area contributed by atoms with Crippen LogP contribution in [0.4, 0.5) is 5.82 Å². The van der Waals surface area contributed by atoms with Crippen molar-refractivity contribution in [3.63, 3.8) is 0 Å². The molecule has 0 fully saturated rings. The van der Waals surface area contributed by atoms with Crippen molar-refractivity contribution >= 4 is 17.7 Å². The van der Waals surface area contributed by atoms with E-state index in [1.54, 1.807) is 0 Å². The second kappa shape index (κ2) is 4.41. The first-order chi connectivity index (χ1) is 7.00. The van der Waals surface area contributed by atoms with Crippen molar-refractivity contribution in [2.45, 2.75) is 13.0 Å². The fourth-order valence-corrected chi connectivity index (χ4v) is 0.909. The lowest BCUT2D eigenvalue weighted by Crippen LogP contribution is -2.25. The minimum absolute atomic E-state index is 0.281. The summed E-state index contributed by atoms with van der Waals surface area (Å²) in [6.07, 6.45) is 1.29. The SMILES string of the molecule is CC(Nc1ccc(C(N)=O)cn1)C(=O)O. The minimum atomic E-state index is -0.976. The summed E-state index contributed by atoms with van der Waals surface area (Å²) in [6.45, 7) is 1.49. The van der Waals surface area contributed by atoms with Gasteiger partial charge in [-0.05, 0) is 19.1 Å². The van der Waals surface area contributed by atoms with Crippen LogP contribution in [0.3, 0.4) is 0 Å². The maximum Gasteiger partial charge on any atom is 0.325 e. The molecule has 80 valence electrons. The van der Waals surface area contributed by atoms with Crippen LogP contribution in [0.25, 0.3) is 0 Å². The van der Waals surface area contributed by atoms with Gasteiger partial charge in [0.1, 0.15) is 11.9 Å². The fourth-order valence-electron chi connectivity index (χ4n) is 0.909. The number of nitrogens with two attached hydrogens (primary N) is 1. The lowest BCUT2D eigenvalue weighted by molar-refractivity contribution is -0.137. The van der Waals surface area contributed by atoms with E-state index < -0.39 is 17.9 Å². The zero-order valence-corrected chi connectivity index (χ0v) is 8.10. The maximum absolute atomic E-state index is 10.7. The molecule has 6 heteroatoms. The Balaban J connectivity index is 2.72.